The van der Waals surface area contributed by atoms with Crippen LogP contribution in [0, 0.1) is 13.8 Å². The first-order chi connectivity index (χ1) is 8.00. The van der Waals surface area contributed by atoms with E-state index in [0.717, 1.165) is 39.3 Å². The van der Waals surface area contributed by atoms with Gasteiger partial charge < -0.3 is 17.2 Å². The van der Waals surface area contributed by atoms with Gasteiger partial charge in [0.2, 0.25) is 0 Å². The van der Waals surface area contributed by atoms with E-state index in [1.165, 1.54) is 0 Å². The molecule has 3 heteroatoms. The van der Waals surface area contributed by atoms with Crippen LogP contribution in [0.4, 0.5) is 17.1 Å². The summed E-state index contributed by atoms with van der Waals surface area (Å²) < 4.78 is 0. The third-order valence-corrected chi connectivity index (χ3v) is 3.14. The maximum absolute atomic E-state index is 6.09. The lowest BCUT2D eigenvalue weighted by molar-refractivity contribution is 1.44. The van der Waals surface area contributed by atoms with Gasteiger partial charge in [0.15, 0.2) is 0 Å². The Kier molecular flexibility index (Phi) is 2.68. The maximum atomic E-state index is 6.09. The minimum Gasteiger partial charge on any atom is -0.399 e. The summed E-state index contributed by atoms with van der Waals surface area (Å²) in [6, 6.07) is 9.74. The Bertz CT molecular complexity index is 574. The molecule has 0 unspecified atom stereocenters. The number of hydrogen-bond acceptors (Lipinski definition) is 3. The van der Waals surface area contributed by atoms with Gasteiger partial charge in [-0.05, 0) is 48.7 Å². The molecular weight excluding hydrogens is 210 g/mol. The van der Waals surface area contributed by atoms with Gasteiger partial charge in [-0.25, -0.2) is 0 Å². The highest BCUT2D eigenvalue weighted by Gasteiger charge is 2.08. The predicted octanol–water partition coefficient (Wildman–Crippen LogP) is 2.72. The van der Waals surface area contributed by atoms with Gasteiger partial charge in [-0.2, -0.15) is 0 Å². The molecule has 0 saturated carbocycles. The topological polar surface area (TPSA) is 78.1 Å². The fourth-order valence-corrected chi connectivity index (χ4v) is 1.84. The van der Waals surface area contributed by atoms with E-state index in [1.54, 1.807) is 0 Å². The predicted molar refractivity (Wildman–Crippen MR) is 74.6 cm³/mol. The van der Waals surface area contributed by atoms with Gasteiger partial charge in [0, 0.05) is 22.6 Å². The van der Waals surface area contributed by atoms with E-state index in [1.807, 2.05) is 44.2 Å². The highest BCUT2D eigenvalue weighted by atomic mass is 14.6. The normalized spacial score (nSPS) is 10.5. The monoisotopic (exact) mass is 227 g/mol. The molecule has 0 radical (unpaired) electrons. The second-order valence-corrected chi connectivity index (χ2v) is 4.31. The summed E-state index contributed by atoms with van der Waals surface area (Å²) in [5, 5.41) is 0. The molecule has 0 aliphatic carbocycles. The van der Waals surface area contributed by atoms with Crippen molar-refractivity contribution >= 4 is 17.1 Å². The Morgan fingerprint density at radius 3 is 2.12 bits per heavy atom. The van der Waals surface area contributed by atoms with Gasteiger partial charge in [0.25, 0.3) is 0 Å². The van der Waals surface area contributed by atoms with E-state index < -0.39 is 0 Å². The van der Waals surface area contributed by atoms with Crippen LogP contribution < -0.4 is 17.2 Å². The van der Waals surface area contributed by atoms with Gasteiger partial charge in [0.05, 0.1) is 0 Å². The Morgan fingerprint density at radius 2 is 1.47 bits per heavy atom. The summed E-state index contributed by atoms with van der Waals surface area (Å²) in [4.78, 5) is 0. The molecule has 0 aromatic heterocycles. The SMILES string of the molecule is Cc1cc(-c2ccc(N)c(C)c2N)ccc1N. The van der Waals surface area contributed by atoms with Crippen LogP contribution in [0.3, 0.4) is 0 Å². The molecule has 88 valence electrons. The van der Waals surface area contributed by atoms with Gasteiger partial charge in [-0.1, -0.05) is 12.1 Å². The van der Waals surface area contributed by atoms with Crippen molar-refractivity contribution in [1.29, 1.82) is 0 Å². The molecule has 0 heterocycles. The first-order valence-corrected chi connectivity index (χ1v) is 5.51. The molecule has 3 nitrogen and oxygen atoms in total. The van der Waals surface area contributed by atoms with Crippen LogP contribution in [0.15, 0.2) is 30.3 Å². The van der Waals surface area contributed by atoms with Crippen molar-refractivity contribution in [2.75, 3.05) is 17.2 Å². The van der Waals surface area contributed by atoms with Crippen LogP contribution in [0.25, 0.3) is 11.1 Å². The molecule has 0 amide bonds. The average Bonchev–Trinajstić information content (AvgIpc) is 2.30. The summed E-state index contributed by atoms with van der Waals surface area (Å²) in [5.74, 6) is 0. The fourth-order valence-electron chi connectivity index (χ4n) is 1.84. The molecule has 0 bridgehead atoms. The number of rotatable bonds is 1. The van der Waals surface area contributed by atoms with Crippen LogP contribution in [0.1, 0.15) is 11.1 Å². The zero-order valence-corrected chi connectivity index (χ0v) is 10.1. The van der Waals surface area contributed by atoms with Crippen molar-refractivity contribution in [2.45, 2.75) is 13.8 Å². The molecule has 0 atom stereocenters. The Labute approximate surface area is 101 Å². The highest BCUT2D eigenvalue weighted by Crippen LogP contribution is 2.32. The van der Waals surface area contributed by atoms with Crippen LogP contribution in [-0.2, 0) is 0 Å². The van der Waals surface area contributed by atoms with Crippen molar-refractivity contribution in [3.05, 3.63) is 41.5 Å². The largest absolute Gasteiger partial charge is 0.399 e. The molecule has 0 fully saturated rings. The summed E-state index contributed by atoms with van der Waals surface area (Å²) in [7, 11) is 0. The summed E-state index contributed by atoms with van der Waals surface area (Å²) in [6.45, 7) is 3.91. The van der Waals surface area contributed by atoms with Crippen molar-refractivity contribution in [3.8, 4) is 11.1 Å². The maximum Gasteiger partial charge on any atom is 0.0444 e. The minimum absolute atomic E-state index is 0.721. The molecule has 17 heavy (non-hydrogen) atoms. The van der Waals surface area contributed by atoms with Crippen molar-refractivity contribution in [1.82, 2.24) is 0 Å². The Hall–Kier alpha value is -2.16. The smallest absolute Gasteiger partial charge is 0.0444 e. The van der Waals surface area contributed by atoms with E-state index in [-0.39, 0.29) is 0 Å². The lowest BCUT2D eigenvalue weighted by atomic mass is 9.98. The molecule has 2 rings (SSSR count). The zero-order chi connectivity index (χ0) is 12.6. The molecule has 0 saturated heterocycles. The summed E-state index contributed by atoms with van der Waals surface area (Å²) in [5.41, 5.74) is 24.0. The van der Waals surface area contributed by atoms with E-state index >= 15 is 0 Å². The highest BCUT2D eigenvalue weighted by molar-refractivity contribution is 5.83. The Morgan fingerprint density at radius 1 is 0.824 bits per heavy atom. The van der Waals surface area contributed by atoms with Crippen molar-refractivity contribution < 1.29 is 0 Å². The first kappa shape index (κ1) is 11.3. The van der Waals surface area contributed by atoms with Crippen molar-refractivity contribution in [3.63, 3.8) is 0 Å². The van der Waals surface area contributed by atoms with Crippen LogP contribution in [0.2, 0.25) is 0 Å². The average molecular weight is 227 g/mol. The Balaban J connectivity index is 2.61. The fraction of sp³-hybridized carbons (Fsp3) is 0.143. The number of nitrogen functional groups attached to an aromatic ring is 3. The summed E-state index contributed by atoms with van der Waals surface area (Å²) >= 11 is 0. The zero-order valence-electron chi connectivity index (χ0n) is 10.1. The van der Waals surface area contributed by atoms with E-state index in [2.05, 4.69) is 0 Å². The molecule has 2 aromatic carbocycles. The minimum atomic E-state index is 0.721. The van der Waals surface area contributed by atoms with E-state index in [0.29, 0.717) is 0 Å². The third-order valence-electron chi connectivity index (χ3n) is 3.14. The second-order valence-electron chi connectivity index (χ2n) is 4.31. The van der Waals surface area contributed by atoms with Crippen LogP contribution in [-0.4, -0.2) is 0 Å². The van der Waals surface area contributed by atoms with Crippen LogP contribution >= 0.6 is 0 Å². The molecule has 6 N–H and O–H groups in total. The molecular formula is C14H17N3. The van der Waals surface area contributed by atoms with E-state index in [9.17, 15) is 0 Å². The standard InChI is InChI=1S/C14H17N3/c1-8-7-10(3-5-12(8)15)11-4-6-13(16)9(2)14(11)17/h3-7H,15-17H2,1-2H3. The first-order valence-electron chi connectivity index (χ1n) is 5.51. The quantitative estimate of drug-likeness (QED) is 0.655. The van der Waals surface area contributed by atoms with Gasteiger partial charge >= 0.3 is 0 Å². The molecule has 0 spiro atoms. The summed E-state index contributed by atoms with van der Waals surface area (Å²) in [6.07, 6.45) is 0. The number of anilines is 3. The number of hydrogen-bond donors (Lipinski definition) is 3. The molecule has 2 aromatic rings. The van der Waals surface area contributed by atoms with Crippen molar-refractivity contribution in [2.24, 2.45) is 0 Å². The number of nitrogens with two attached hydrogens (primary N) is 3. The third kappa shape index (κ3) is 1.91. The number of benzene rings is 2. The molecule has 0 aliphatic heterocycles. The number of aryl methyl sites for hydroxylation is 1. The second kappa shape index (κ2) is 4.01. The van der Waals surface area contributed by atoms with E-state index in [4.69, 9.17) is 17.2 Å². The lowest BCUT2D eigenvalue weighted by Crippen LogP contribution is -1.99. The van der Waals surface area contributed by atoms with Gasteiger partial charge in [-0.15, -0.1) is 0 Å². The van der Waals surface area contributed by atoms with Crippen LogP contribution in [0.5, 0.6) is 0 Å². The van der Waals surface area contributed by atoms with Gasteiger partial charge in [0.1, 0.15) is 0 Å². The lowest BCUT2D eigenvalue weighted by Gasteiger charge is -2.12. The van der Waals surface area contributed by atoms with Gasteiger partial charge in [-0.3, -0.25) is 0 Å². The molecule has 0 aliphatic rings.